The molecule has 1 aliphatic rings. The Labute approximate surface area is 261 Å². The zero-order valence-electron chi connectivity index (χ0n) is 23.2. The molecule has 0 amide bonds. The van der Waals surface area contributed by atoms with Crippen molar-refractivity contribution < 1.29 is 42.9 Å². The average molecular weight is 659 g/mol. The maximum Gasteiger partial charge on any atom is 0.338 e. The average Bonchev–Trinajstić information content (AvgIpc) is 3.07. The van der Waals surface area contributed by atoms with Gasteiger partial charge in [0.05, 0.1) is 22.3 Å². The predicted octanol–water partition coefficient (Wildman–Crippen LogP) is 5.64. The van der Waals surface area contributed by atoms with E-state index >= 15 is 0 Å². The van der Waals surface area contributed by atoms with E-state index in [0.717, 1.165) is 0 Å². The number of rotatable bonds is 9. The lowest BCUT2D eigenvalue weighted by atomic mass is 9.99. The Morgan fingerprint density at radius 2 is 0.841 bits per heavy atom. The summed E-state index contributed by atoms with van der Waals surface area (Å²) >= 11 is 3.40. The molecule has 0 aliphatic carbocycles. The van der Waals surface area contributed by atoms with E-state index in [-0.39, 0.29) is 23.3 Å². The number of carbonyl (C=O) groups is 4. The molecular formula is C34H27BrO9. The van der Waals surface area contributed by atoms with Crippen LogP contribution in [0.5, 0.6) is 0 Å². The third kappa shape index (κ3) is 7.58. The van der Waals surface area contributed by atoms with E-state index in [1.807, 2.05) is 0 Å². The van der Waals surface area contributed by atoms with E-state index < -0.39 is 53.3 Å². The summed E-state index contributed by atoms with van der Waals surface area (Å²) in [5, 5.41) is -1.05. The molecule has 4 aromatic rings. The van der Waals surface area contributed by atoms with Gasteiger partial charge in [-0.15, -0.1) is 0 Å². The number of alkyl halides is 1. The maximum absolute atomic E-state index is 13.3. The van der Waals surface area contributed by atoms with Crippen molar-refractivity contribution in [2.45, 2.75) is 29.4 Å². The van der Waals surface area contributed by atoms with Crippen molar-refractivity contribution in [3.63, 3.8) is 0 Å². The molecule has 224 valence electrons. The number of benzene rings is 4. The van der Waals surface area contributed by atoms with Gasteiger partial charge in [-0.05, 0) is 48.5 Å². The largest absolute Gasteiger partial charge is 0.459 e. The van der Waals surface area contributed by atoms with Gasteiger partial charge in [-0.3, -0.25) is 0 Å². The standard InChI is InChI=1S/C34H27BrO9/c35-30-29(44-34(39)25-19-11-4-12-20-25)28(43-33(38)24-17-9-3-10-18-24)27(42-32(37)23-15-7-2-8-16-23)26(41-30)21-40-31(36)22-13-5-1-6-14-22/h1-20,26-30H,21H2/t26-,27-,28+,29+,30+/m1/s1. The molecule has 0 bridgehead atoms. The summed E-state index contributed by atoms with van der Waals surface area (Å²) in [6, 6.07) is 32.9. The minimum absolute atomic E-state index is 0.221. The first-order valence-electron chi connectivity index (χ1n) is 13.7. The zero-order valence-corrected chi connectivity index (χ0v) is 24.8. The van der Waals surface area contributed by atoms with Gasteiger partial charge in [0.25, 0.3) is 0 Å². The second-order valence-corrected chi connectivity index (χ2v) is 10.6. The predicted molar refractivity (Wildman–Crippen MR) is 161 cm³/mol. The molecule has 1 heterocycles. The van der Waals surface area contributed by atoms with Gasteiger partial charge < -0.3 is 23.7 Å². The highest BCUT2D eigenvalue weighted by atomic mass is 79.9. The quantitative estimate of drug-likeness (QED) is 0.128. The first-order chi connectivity index (χ1) is 21.4. The summed E-state index contributed by atoms with van der Waals surface area (Å²) in [4.78, 5) is 52.6. The van der Waals surface area contributed by atoms with Crippen molar-refractivity contribution in [2.75, 3.05) is 6.61 Å². The lowest BCUT2D eigenvalue weighted by Crippen LogP contribution is -2.61. The molecule has 10 heteroatoms. The van der Waals surface area contributed by atoms with Gasteiger partial charge >= 0.3 is 23.9 Å². The zero-order chi connectivity index (χ0) is 30.9. The van der Waals surface area contributed by atoms with Crippen molar-refractivity contribution in [3.8, 4) is 0 Å². The molecule has 5 atom stereocenters. The number of hydrogen-bond acceptors (Lipinski definition) is 9. The fourth-order valence-electron chi connectivity index (χ4n) is 4.51. The molecule has 1 fully saturated rings. The molecule has 4 aromatic carbocycles. The summed E-state index contributed by atoms with van der Waals surface area (Å²) < 4.78 is 29.3. The molecule has 9 nitrogen and oxygen atoms in total. The summed E-state index contributed by atoms with van der Waals surface area (Å²) in [5.74, 6) is -2.85. The van der Waals surface area contributed by atoms with Crippen molar-refractivity contribution in [2.24, 2.45) is 0 Å². The van der Waals surface area contributed by atoms with Crippen LogP contribution >= 0.6 is 15.9 Å². The van der Waals surface area contributed by atoms with Gasteiger partial charge in [-0.1, -0.05) is 88.7 Å². The third-order valence-electron chi connectivity index (χ3n) is 6.72. The van der Waals surface area contributed by atoms with Crippen LogP contribution in [-0.2, 0) is 23.7 Å². The summed E-state index contributed by atoms with van der Waals surface area (Å²) in [5.41, 5.74) is 0.994. The molecule has 0 saturated carbocycles. The Morgan fingerprint density at radius 3 is 1.25 bits per heavy atom. The molecule has 0 spiro atoms. The lowest BCUT2D eigenvalue weighted by Gasteiger charge is -2.43. The number of hydrogen-bond donors (Lipinski definition) is 0. The van der Waals surface area contributed by atoms with Crippen molar-refractivity contribution in [3.05, 3.63) is 144 Å². The van der Waals surface area contributed by atoms with E-state index in [1.165, 1.54) is 0 Å². The molecule has 0 radical (unpaired) electrons. The first kappa shape index (κ1) is 30.7. The Morgan fingerprint density at radius 1 is 0.500 bits per heavy atom. The van der Waals surface area contributed by atoms with E-state index in [1.54, 1.807) is 121 Å². The van der Waals surface area contributed by atoms with Crippen LogP contribution < -0.4 is 0 Å². The number of esters is 4. The van der Waals surface area contributed by atoms with Crippen molar-refractivity contribution >= 4 is 39.8 Å². The SMILES string of the molecule is O=C(OC[C@H]1O[C@H](Br)[C@@H](OC(=O)c2ccccc2)[C@@H](OC(=O)c2ccccc2)[C@@H]1OC(=O)c1ccccc1)c1ccccc1. The van der Waals surface area contributed by atoms with Gasteiger partial charge in [-0.25, -0.2) is 19.2 Å². The summed E-state index contributed by atoms with van der Waals surface area (Å²) in [6.07, 6.45) is -5.13. The van der Waals surface area contributed by atoms with Crippen molar-refractivity contribution in [1.82, 2.24) is 0 Å². The molecular weight excluding hydrogens is 632 g/mol. The Hall–Kier alpha value is -4.80. The minimum atomic E-state index is -1.37. The van der Waals surface area contributed by atoms with Gasteiger partial charge in [0.1, 0.15) is 12.7 Å². The fraction of sp³-hybridized carbons (Fsp3) is 0.176. The van der Waals surface area contributed by atoms with Crippen LogP contribution in [0.25, 0.3) is 0 Å². The van der Waals surface area contributed by atoms with Crippen LogP contribution in [0.3, 0.4) is 0 Å². The topological polar surface area (TPSA) is 114 Å². The van der Waals surface area contributed by atoms with Crippen LogP contribution in [0.1, 0.15) is 41.4 Å². The third-order valence-corrected chi connectivity index (χ3v) is 7.46. The highest BCUT2D eigenvalue weighted by Gasteiger charge is 2.52. The molecule has 0 aromatic heterocycles. The van der Waals surface area contributed by atoms with Gasteiger partial charge in [0.2, 0.25) is 0 Å². The van der Waals surface area contributed by atoms with E-state index in [4.69, 9.17) is 23.7 Å². The van der Waals surface area contributed by atoms with Crippen LogP contribution in [0, 0.1) is 0 Å². The molecule has 0 N–H and O–H groups in total. The number of carbonyl (C=O) groups excluding carboxylic acids is 4. The summed E-state index contributed by atoms with van der Waals surface area (Å²) in [7, 11) is 0. The monoisotopic (exact) mass is 658 g/mol. The highest BCUT2D eigenvalue weighted by molar-refractivity contribution is 9.09. The van der Waals surface area contributed by atoms with Gasteiger partial charge in [-0.2, -0.15) is 0 Å². The Kier molecular flexibility index (Phi) is 10.2. The Bertz CT molecular complexity index is 1570. The minimum Gasteiger partial charge on any atom is -0.459 e. The molecule has 44 heavy (non-hydrogen) atoms. The van der Waals surface area contributed by atoms with E-state index in [2.05, 4.69) is 15.9 Å². The van der Waals surface area contributed by atoms with Gasteiger partial charge in [0.15, 0.2) is 23.3 Å². The van der Waals surface area contributed by atoms with E-state index in [9.17, 15) is 19.2 Å². The van der Waals surface area contributed by atoms with E-state index in [0.29, 0.717) is 5.56 Å². The normalized spacial score (nSPS) is 21.0. The first-order valence-corrected chi connectivity index (χ1v) is 14.6. The molecule has 1 saturated heterocycles. The van der Waals surface area contributed by atoms with Gasteiger partial charge in [0, 0.05) is 0 Å². The maximum atomic E-state index is 13.3. The lowest BCUT2D eigenvalue weighted by molar-refractivity contribution is -0.205. The molecule has 0 unspecified atom stereocenters. The van der Waals surface area contributed by atoms with Crippen molar-refractivity contribution in [1.29, 1.82) is 0 Å². The van der Waals surface area contributed by atoms with Crippen LogP contribution in [0.15, 0.2) is 121 Å². The second-order valence-electron chi connectivity index (χ2n) is 9.70. The number of ether oxygens (including phenoxy) is 5. The number of halogens is 1. The molecule has 1 aliphatic heterocycles. The second kappa shape index (κ2) is 14.6. The Balaban J connectivity index is 1.48. The summed E-state index contributed by atoms with van der Waals surface area (Å²) in [6.45, 7) is -0.374. The van der Waals surface area contributed by atoms with Crippen LogP contribution in [0.2, 0.25) is 0 Å². The molecule has 5 rings (SSSR count). The fourth-order valence-corrected chi connectivity index (χ4v) is 5.20. The smallest absolute Gasteiger partial charge is 0.338 e. The van der Waals surface area contributed by atoms with Crippen LogP contribution in [0.4, 0.5) is 0 Å². The van der Waals surface area contributed by atoms with Crippen LogP contribution in [-0.4, -0.2) is 59.9 Å². The highest BCUT2D eigenvalue weighted by Crippen LogP contribution is 2.33.